The van der Waals surface area contributed by atoms with E-state index in [1.165, 1.54) is 26.1 Å². The van der Waals surface area contributed by atoms with Gasteiger partial charge in [0.1, 0.15) is 5.82 Å². The monoisotopic (exact) mass is 220 g/mol. The number of nitrogens with zero attached hydrogens (tertiary/aromatic N) is 3. The molecule has 3 rings (SSSR count). The van der Waals surface area contributed by atoms with E-state index in [9.17, 15) is 0 Å². The minimum absolute atomic E-state index is 0.767. The molecular formula is C12H20N4. The second-order valence-electron chi connectivity index (χ2n) is 5.04. The molecule has 4 heteroatoms. The van der Waals surface area contributed by atoms with E-state index >= 15 is 0 Å². The van der Waals surface area contributed by atoms with Crippen LogP contribution in [-0.4, -0.2) is 46.7 Å². The second kappa shape index (κ2) is 4.18. The molecule has 0 bridgehead atoms. The highest BCUT2D eigenvalue weighted by atomic mass is 15.2. The molecule has 2 fully saturated rings. The van der Waals surface area contributed by atoms with E-state index < -0.39 is 0 Å². The van der Waals surface area contributed by atoms with Gasteiger partial charge in [-0.25, -0.2) is 4.98 Å². The van der Waals surface area contributed by atoms with Crippen molar-refractivity contribution >= 4 is 0 Å². The molecule has 0 radical (unpaired) electrons. The van der Waals surface area contributed by atoms with Gasteiger partial charge in [0.25, 0.3) is 0 Å². The third-order valence-corrected chi connectivity index (χ3v) is 4.02. The van der Waals surface area contributed by atoms with Crippen LogP contribution in [0.1, 0.15) is 12.2 Å². The van der Waals surface area contributed by atoms with E-state index in [2.05, 4.69) is 32.9 Å². The van der Waals surface area contributed by atoms with E-state index in [-0.39, 0.29) is 0 Å². The number of aromatic nitrogens is 2. The first-order valence-electron chi connectivity index (χ1n) is 6.26. The van der Waals surface area contributed by atoms with Crippen molar-refractivity contribution in [1.82, 2.24) is 19.8 Å². The van der Waals surface area contributed by atoms with Gasteiger partial charge in [-0.05, 0) is 25.8 Å². The normalized spacial score (nSPS) is 29.8. The predicted octanol–water partition coefficient (Wildman–Crippen LogP) is 0.485. The molecule has 4 nitrogen and oxygen atoms in total. The van der Waals surface area contributed by atoms with Crippen molar-refractivity contribution in [2.24, 2.45) is 5.92 Å². The first kappa shape index (κ1) is 10.3. The van der Waals surface area contributed by atoms with Crippen molar-refractivity contribution in [3.05, 3.63) is 18.2 Å². The molecule has 2 atom stereocenters. The molecule has 0 aromatic carbocycles. The molecule has 3 heterocycles. The minimum atomic E-state index is 0.767. The average Bonchev–Trinajstić information content (AvgIpc) is 2.89. The number of imidazole rings is 1. The Bertz CT molecular complexity index is 348. The summed E-state index contributed by atoms with van der Waals surface area (Å²) in [5.41, 5.74) is 0. The molecule has 0 amide bonds. The molecule has 2 saturated heterocycles. The summed E-state index contributed by atoms with van der Waals surface area (Å²) in [6.45, 7) is 8.05. The first-order valence-corrected chi connectivity index (χ1v) is 6.26. The average molecular weight is 220 g/mol. The third-order valence-electron chi connectivity index (χ3n) is 4.02. The van der Waals surface area contributed by atoms with Gasteiger partial charge in [0.2, 0.25) is 0 Å². The fraction of sp³-hybridized carbons (Fsp3) is 0.750. The van der Waals surface area contributed by atoms with Gasteiger partial charge in [0, 0.05) is 44.6 Å². The number of rotatable bonds is 3. The fourth-order valence-corrected chi connectivity index (χ4v) is 3.01. The van der Waals surface area contributed by atoms with Gasteiger partial charge in [-0.3, -0.25) is 4.90 Å². The molecule has 2 aliphatic heterocycles. The highest BCUT2D eigenvalue weighted by Gasteiger charge is 2.35. The zero-order chi connectivity index (χ0) is 11.0. The molecule has 16 heavy (non-hydrogen) atoms. The molecule has 2 aliphatic rings. The van der Waals surface area contributed by atoms with Crippen LogP contribution in [0.5, 0.6) is 0 Å². The van der Waals surface area contributed by atoms with Gasteiger partial charge in [0.15, 0.2) is 0 Å². The number of nitrogens with one attached hydrogen (secondary N) is 1. The lowest BCUT2D eigenvalue weighted by Gasteiger charge is -2.17. The van der Waals surface area contributed by atoms with E-state index in [1.807, 2.05) is 6.20 Å². The maximum atomic E-state index is 4.25. The van der Waals surface area contributed by atoms with Crippen LogP contribution in [0.3, 0.4) is 0 Å². The van der Waals surface area contributed by atoms with Crippen LogP contribution in [0.2, 0.25) is 0 Å². The number of hydrogen-bond acceptors (Lipinski definition) is 3. The lowest BCUT2D eigenvalue weighted by molar-refractivity contribution is 0.299. The molecule has 1 N–H and O–H groups in total. The highest BCUT2D eigenvalue weighted by molar-refractivity contribution is 4.94. The lowest BCUT2D eigenvalue weighted by Crippen LogP contribution is -2.31. The van der Waals surface area contributed by atoms with Crippen LogP contribution in [-0.2, 0) is 6.54 Å². The van der Waals surface area contributed by atoms with Crippen LogP contribution < -0.4 is 5.32 Å². The van der Waals surface area contributed by atoms with E-state index in [0.29, 0.717) is 0 Å². The Hall–Kier alpha value is -0.870. The topological polar surface area (TPSA) is 33.1 Å². The Morgan fingerprint density at radius 3 is 3.12 bits per heavy atom. The minimum Gasteiger partial charge on any atom is -0.334 e. The van der Waals surface area contributed by atoms with Crippen LogP contribution in [0, 0.1) is 12.8 Å². The quantitative estimate of drug-likeness (QED) is 0.804. The maximum absolute atomic E-state index is 4.25. The van der Waals surface area contributed by atoms with Crippen LogP contribution in [0.15, 0.2) is 12.4 Å². The Morgan fingerprint density at radius 1 is 1.44 bits per heavy atom. The number of hydrogen-bond donors (Lipinski definition) is 1. The van der Waals surface area contributed by atoms with Crippen molar-refractivity contribution in [2.75, 3.05) is 26.2 Å². The Labute approximate surface area is 96.7 Å². The van der Waals surface area contributed by atoms with Crippen LogP contribution in [0.4, 0.5) is 0 Å². The second-order valence-corrected chi connectivity index (χ2v) is 5.04. The van der Waals surface area contributed by atoms with E-state index in [0.717, 1.165) is 30.9 Å². The van der Waals surface area contributed by atoms with Gasteiger partial charge in [-0.15, -0.1) is 0 Å². The zero-order valence-corrected chi connectivity index (χ0v) is 9.89. The summed E-state index contributed by atoms with van der Waals surface area (Å²) >= 11 is 0. The van der Waals surface area contributed by atoms with Crippen molar-refractivity contribution < 1.29 is 0 Å². The molecule has 0 saturated carbocycles. The Balaban J connectivity index is 1.52. The summed E-state index contributed by atoms with van der Waals surface area (Å²) < 4.78 is 2.24. The summed E-state index contributed by atoms with van der Waals surface area (Å²) in [7, 11) is 0. The van der Waals surface area contributed by atoms with E-state index in [1.54, 1.807) is 0 Å². The summed E-state index contributed by atoms with van der Waals surface area (Å²) in [6, 6.07) is 0.767. The Morgan fingerprint density at radius 2 is 2.38 bits per heavy atom. The fourth-order valence-electron chi connectivity index (χ4n) is 3.01. The van der Waals surface area contributed by atoms with Gasteiger partial charge < -0.3 is 9.88 Å². The molecular weight excluding hydrogens is 200 g/mol. The van der Waals surface area contributed by atoms with Crippen molar-refractivity contribution in [3.63, 3.8) is 0 Å². The van der Waals surface area contributed by atoms with Gasteiger partial charge in [-0.1, -0.05) is 0 Å². The molecule has 0 aliphatic carbocycles. The maximum Gasteiger partial charge on any atom is 0.105 e. The van der Waals surface area contributed by atoms with Crippen molar-refractivity contribution in [2.45, 2.75) is 25.9 Å². The summed E-state index contributed by atoms with van der Waals surface area (Å²) in [6.07, 6.45) is 5.32. The van der Waals surface area contributed by atoms with Crippen LogP contribution >= 0.6 is 0 Å². The molecule has 1 aromatic heterocycles. The molecule has 1 aromatic rings. The van der Waals surface area contributed by atoms with Gasteiger partial charge >= 0.3 is 0 Å². The summed E-state index contributed by atoms with van der Waals surface area (Å²) in [5.74, 6) is 2.03. The number of fused-ring (bicyclic) bond motifs is 1. The summed E-state index contributed by atoms with van der Waals surface area (Å²) in [4.78, 5) is 6.84. The summed E-state index contributed by atoms with van der Waals surface area (Å²) in [5, 5.41) is 3.59. The molecule has 0 unspecified atom stereocenters. The molecule has 88 valence electrons. The third kappa shape index (κ3) is 1.87. The van der Waals surface area contributed by atoms with Crippen molar-refractivity contribution in [1.29, 1.82) is 0 Å². The first-order chi connectivity index (χ1) is 7.83. The standard InChI is InChI=1S/C12H20N4/c1-10-13-4-5-16(10)7-6-15-8-11-2-3-14-12(11)9-15/h4-5,11-12,14H,2-3,6-9H2,1H3/t11-,12+/m0/s1. The van der Waals surface area contributed by atoms with E-state index in [4.69, 9.17) is 0 Å². The van der Waals surface area contributed by atoms with Gasteiger partial charge in [0.05, 0.1) is 0 Å². The van der Waals surface area contributed by atoms with Crippen LogP contribution in [0.25, 0.3) is 0 Å². The number of aryl methyl sites for hydroxylation is 1. The predicted molar refractivity (Wildman–Crippen MR) is 63.3 cm³/mol. The number of likely N-dealkylation sites (tertiary alicyclic amines) is 1. The highest BCUT2D eigenvalue weighted by Crippen LogP contribution is 2.24. The van der Waals surface area contributed by atoms with Crippen molar-refractivity contribution in [3.8, 4) is 0 Å². The Kier molecular flexibility index (Phi) is 2.69. The largest absolute Gasteiger partial charge is 0.334 e. The lowest BCUT2D eigenvalue weighted by atomic mass is 10.1. The zero-order valence-electron chi connectivity index (χ0n) is 9.89. The SMILES string of the molecule is Cc1nccn1CCN1C[C@@H]2CCN[C@@H]2C1. The smallest absolute Gasteiger partial charge is 0.105 e. The molecule has 0 spiro atoms. The van der Waals surface area contributed by atoms with Gasteiger partial charge in [-0.2, -0.15) is 0 Å².